The molecule has 0 aliphatic heterocycles. The van der Waals surface area contributed by atoms with Crippen molar-refractivity contribution in [1.82, 2.24) is 0 Å². The van der Waals surface area contributed by atoms with Crippen molar-refractivity contribution >= 4 is 23.9 Å². The molecule has 32 heavy (non-hydrogen) atoms. The summed E-state index contributed by atoms with van der Waals surface area (Å²) < 4.78 is 29.6. The van der Waals surface area contributed by atoms with Gasteiger partial charge in [0.1, 0.15) is 11.5 Å². The van der Waals surface area contributed by atoms with Crippen molar-refractivity contribution in [1.29, 1.82) is 0 Å². The Hall–Kier alpha value is -4.08. The summed E-state index contributed by atoms with van der Waals surface area (Å²) in [4.78, 5) is 49.7. The lowest BCUT2D eigenvalue weighted by molar-refractivity contribution is -0.170. The van der Waals surface area contributed by atoms with Crippen LogP contribution in [0.4, 0.5) is 0 Å². The Morgan fingerprint density at radius 2 is 0.875 bits per heavy atom. The predicted molar refractivity (Wildman–Crippen MR) is 108 cm³/mol. The van der Waals surface area contributed by atoms with Gasteiger partial charge in [-0.1, -0.05) is 0 Å². The molecule has 0 saturated carbocycles. The second-order valence-corrected chi connectivity index (χ2v) is 6.16. The molecule has 10 nitrogen and oxygen atoms in total. The lowest BCUT2D eigenvalue weighted by atomic mass is 10.1. The van der Waals surface area contributed by atoms with Gasteiger partial charge in [-0.2, -0.15) is 0 Å². The van der Waals surface area contributed by atoms with Gasteiger partial charge in [-0.3, -0.25) is 0 Å². The van der Waals surface area contributed by atoms with Crippen molar-refractivity contribution in [3.05, 3.63) is 59.7 Å². The number of carbonyl (C=O) groups is 4. The summed E-state index contributed by atoms with van der Waals surface area (Å²) in [5, 5.41) is 0. The van der Waals surface area contributed by atoms with E-state index in [9.17, 15) is 19.2 Å². The van der Waals surface area contributed by atoms with Gasteiger partial charge in [0.05, 0.1) is 39.6 Å². The van der Waals surface area contributed by atoms with Gasteiger partial charge in [0.25, 0.3) is 0 Å². The molecule has 0 unspecified atom stereocenters. The molecule has 0 aliphatic rings. The first-order valence-electron chi connectivity index (χ1n) is 9.20. The highest BCUT2D eigenvalue weighted by atomic mass is 16.6. The smallest absolute Gasteiger partial charge is 0.351 e. The fraction of sp³-hybridized carbons (Fsp3) is 0.273. The summed E-state index contributed by atoms with van der Waals surface area (Å²) in [6.07, 6.45) is -3.83. The van der Waals surface area contributed by atoms with Crippen LogP contribution in [0.25, 0.3) is 0 Å². The maximum absolute atomic E-state index is 12.5. The Kier molecular flexibility index (Phi) is 8.58. The second-order valence-electron chi connectivity index (χ2n) is 6.16. The number of esters is 4. The molecule has 170 valence electrons. The van der Waals surface area contributed by atoms with Crippen LogP contribution in [0.1, 0.15) is 20.7 Å². The first kappa shape index (κ1) is 24.2. The molecule has 0 heterocycles. The molecule has 2 aromatic carbocycles. The van der Waals surface area contributed by atoms with Crippen molar-refractivity contribution in [3.63, 3.8) is 0 Å². The number of benzene rings is 2. The van der Waals surface area contributed by atoms with Gasteiger partial charge in [-0.25, -0.2) is 19.2 Å². The zero-order chi connectivity index (χ0) is 23.7. The summed E-state index contributed by atoms with van der Waals surface area (Å²) in [6.45, 7) is 0. The van der Waals surface area contributed by atoms with Crippen LogP contribution in [-0.4, -0.2) is 64.5 Å². The van der Waals surface area contributed by atoms with Gasteiger partial charge in [0, 0.05) is 0 Å². The minimum Gasteiger partial charge on any atom is -0.497 e. The Morgan fingerprint density at radius 1 is 0.562 bits per heavy atom. The van der Waals surface area contributed by atoms with E-state index in [0.717, 1.165) is 14.2 Å². The lowest BCUT2D eigenvalue weighted by Gasteiger charge is -2.23. The fourth-order valence-electron chi connectivity index (χ4n) is 2.52. The van der Waals surface area contributed by atoms with Crippen LogP contribution >= 0.6 is 0 Å². The molecule has 2 aromatic rings. The van der Waals surface area contributed by atoms with Crippen molar-refractivity contribution < 1.29 is 47.6 Å². The van der Waals surface area contributed by atoms with E-state index in [1.807, 2.05) is 0 Å². The van der Waals surface area contributed by atoms with Gasteiger partial charge in [-0.15, -0.1) is 0 Å². The third kappa shape index (κ3) is 5.97. The summed E-state index contributed by atoms with van der Waals surface area (Å²) in [5.41, 5.74) is 0.120. The minimum absolute atomic E-state index is 0.0600. The standard InChI is InChI=1S/C22H22O10/c1-27-15-9-5-13(6-10-15)19(23)31-17(21(25)29-3)18(22(26)30-4)32-20(24)14-7-11-16(28-2)12-8-14/h5-12,17-18H,1-4H3/t17-,18-/m1/s1. The fourth-order valence-corrected chi connectivity index (χ4v) is 2.52. The zero-order valence-electron chi connectivity index (χ0n) is 17.9. The summed E-state index contributed by atoms with van der Waals surface area (Å²) in [5.74, 6) is -3.18. The maximum atomic E-state index is 12.5. The molecule has 2 rings (SSSR count). The lowest BCUT2D eigenvalue weighted by Crippen LogP contribution is -2.47. The molecule has 0 N–H and O–H groups in total. The van der Waals surface area contributed by atoms with Crippen LogP contribution in [0.15, 0.2) is 48.5 Å². The van der Waals surface area contributed by atoms with Crippen LogP contribution in [0, 0.1) is 0 Å². The van der Waals surface area contributed by atoms with E-state index < -0.39 is 36.1 Å². The zero-order valence-corrected chi connectivity index (χ0v) is 17.9. The first-order valence-corrected chi connectivity index (χ1v) is 9.20. The van der Waals surface area contributed by atoms with E-state index in [-0.39, 0.29) is 11.1 Å². The van der Waals surface area contributed by atoms with E-state index in [1.54, 1.807) is 0 Å². The van der Waals surface area contributed by atoms with Crippen molar-refractivity contribution in [2.24, 2.45) is 0 Å². The Labute approximate surface area is 183 Å². The highest BCUT2D eigenvalue weighted by Gasteiger charge is 2.42. The molecule has 0 fully saturated rings. The number of hydrogen-bond donors (Lipinski definition) is 0. The Bertz CT molecular complexity index is 870. The summed E-state index contributed by atoms with van der Waals surface area (Å²) >= 11 is 0. The quantitative estimate of drug-likeness (QED) is 0.416. The molecule has 0 radical (unpaired) electrons. The number of rotatable bonds is 9. The van der Waals surface area contributed by atoms with Crippen LogP contribution in [-0.2, 0) is 28.5 Å². The largest absolute Gasteiger partial charge is 0.497 e. The van der Waals surface area contributed by atoms with E-state index in [0.29, 0.717) is 11.5 Å². The molecular formula is C22H22O10. The first-order chi connectivity index (χ1) is 15.3. The van der Waals surface area contributed by atoms with Crippen LogP contribution in [0.2, 0.25) is 0 Å². The third-order valence-corrected chi connectivity index (χ3v) is 4.26. The summed E-state index contributed by atoms with van der Waals surface area (Å²) in [7, 11) is 4.96. The normalized spacial score (nSPS) is 12.0. The molecule has 10 heteroatoms. The van der Waals surface area contributed by atoms with Gasteiger partial charge < -0.3 is 28.4 Å². The maximum Gasteiger partial charge on any atom is 0.351 e. The molecule has 0 aromatic heterocycles. The molecule has 0 aliphatic carbocycles. The minimum atomic E-state index is -1.91. The molecular weight excluding hydrogens is 424 g/mol. The number of methoxy groups -OCH3 is 4. The molecule has 0 bridgehead atoms. The van der Waals surface area contributed by atoms with Gasteiger partial charge in [0.15, 0.2) is 0 Å². The molecule has 0 saturated heterocycles. The number of carbonyl (C=O) groups excluding carboxylic acids is 4. The van der Waals surface area contributed by atoms with E-state index in [1.165, 1.54) is 62.8 Å². The Morgan fingerprint density at radius 3 is 1.12 bits per heavy atom. The van der Waals surface area contributed by atoms with Gasteiger partial charge >= 0.3 is 23.9 Å². The average molecular weight is 446 g/mol. The van der Waals surface area contributed by atoms with E-state index in [2.05, 4.69) is 9.47 Å². The Balaban J connectivity index is 2.28. The third-order valence-electron chi connectivity index (χ3n) is 4.26. The van der Waals surface area contributed by atoms with Crippen LogP contribution in [0.5, 0.6) is 11.5 Å². The predicted octanol–water partition coefficient (Wildman–Crippen LogP) is 1.80. The van der Waals surface area contributed by atoms with Crippen molar-refractivity contribution in [2.75, 3.05) is 28.4 Å². The topological polar surface area (TPSA) is 124 Å². The second kappa shape index (κ2) is 11.3. The number of ether oxygens (including phenoxy) is 6. The van der Waals surface area contributed by atoms with Crippen molar-refractivity contribution in [3.8, 4) is 11.5 Å². The monoisotopic (exact) mass is 446 g/mol. The van der Waals surface area contributed by atoms with Crippen molar-refractivity contribution in [2.45, 2.75) is 12.2 Å². The van der Waals surface area contributed by atoms with E-state index >= 15 is 0 Å². The highest BCUT2D eigenvalue weighted by Crippen LogP contribution is 2.18. The molecule has 0 amide bonds. The number of hydrogen-bond acceptors (Lipinski definition) is 10. The van der Waals surface area contributed by atoms with Crippen LogP contribution < -0.4 is 9.47 Å². The average Bonchev–Trinajstić information content (AvgIpc) is 2.84. The molecule has 2 atom stereocenters. The van der Waals surface area contributed by atoms with Crippen LogP contribution in [0.3, 0.4) is 0 Å². The SMILES string of the molecule is COC(=O)[C@H](OC(=O)c1ccc(OC)cc1)[C@@H](OC(=O)c1ccc(OC)cc1)C(=O)OC. The highest BCUT2D eigenvalue weighted by molar-refractivity contribution is 5.96. The summed E-state index contributed by atoms with van der Waals surface area (Å²) in [6, 6.07) is 11.6. The van der Waals surface area contributed by atoms with Gasteiger partial charge in [-0.05, 0) is 48.5 Å². The van der Waals surface area contributed by atoms with E-state index in [4.69, 9.17) is 18.9 Å². The van der Waals surface area contributed by atoms with Gasteiger partial charge in [0.2, 0.25) is 12.2 Å². The molecule has 0 spiro atoms.